The van der Waals surface area contributed by atoms with Crippen molar-refractivity contribution in [1.82, 2.24) is 5.32 Å². The molecule has 0 spiro atoms. The fourth-order valence-corrected chi connectivity index (χ4v) is 2.20. The highest BCUT2D eigenvalue weighted by molar-refractivity contribution is 5.80. The van der Waals surface area contributed by atoms with Crippen LogP contribution >= 0.6 is 0 Å². The molecule has 0 heterocycles. The Labute approximate surface area is 91.9 Å². The monoisotopic (exact) mass is 213 g/mol. The molecule has 1 aliphatic carbocycles. The Bertz CT molecular complexity index is 200. The highest BCUT2D eigenvalue weighted by Crippen LogP contribution is 2.23. The average Bonchev–Trinajstić information content (AvgIpc) is 2.76. The smallest absolute Gasteiger partial charge is 0.140 e. The maximum atomic E-state index is 8.49. The van der Waals surface area contributed by atoms with E-state index >= 15 is 0 Å². The van der Waals surface area contributed by atoms with Crippen LogP contribution in [0.15, 0.2) is 5.16 Å². The molecule has 88 valence electrons. The van der Waals surface area contributed by atoms with Crippen LogP contribution in [0.4, 0.5) is 0 Å². The molecule has 1 unspecified atom stereocenters. The predicted octanol–water partition coefficient (Wildman–Crippen LogP) is 1.68. The molecule has 15 heavy (non-hydrogen) atoms. The van der Waals surface area contributed by atoms with E-state index in [0.717, 1.165) is 18.9 Å². The van der Waals surface area contributed by atoms with Gasteiger partial charge in [-0.25, -0.2) is 0 Å². The van der Waals surface area contributed by atoms with Gasteiger partial charge in [-0.2, -0.15) is 0 Å². The molecular weight excluding hydrogens is 190 g/mol. The van der Waals surface area contributed by atoms with Crippen molar-refractivity contribution < 1.29 is 5.21 Å². The van der Waals surface area contributed by atoms with E-state index in [1.54, 1.807) is 0 Å². The molecular formula is C11H23N3O. The van der Waals surface area contributed by atoms with Gasteiger partial charge in [0.25, 0.3) is 0 Å². The SMILES string of the molecule is CCC(CC(N)=NO)NCC1CCCC1. The summed E-state index contributed by atoms with van der Waals surface area (Å²) in [5.74, 6) is 1.16. The van der Waals surface area contributed by atoms with Crippen LogP contribution in [0, 0.1) is 5.92 Å². The zero-order valence-electron chi connectivity index (χ0n) is 9.58. The first kappa shape index (κ1) is 12.3. The second-order valence-electron chi connectivity index (χ2n) is 4.46. The lowest BCUT2D eigenvalue weighted by Gasteiger charge is -2.18. The standard InChI is InChI=1S/C11H23N3O/c1-2-10(7-11(12)14-15)13-8-9-5-3-4-6-9/h9-10,13,15H,2-8H2,1H3,(H2,12,14). The number of oxime groups is 1. The number of nitrogens with one attached hydrogen (secondary N) is 1. The average molecular weight is 213 g/mol. The van der Waals surface area contributed by atoms with Crippen molar-refractivity contribution >= 4 is 5.84 Å². The number of amidine groups is 1. The highest BCUT2D eigenvalue weighted by Gasteiger charge is 2.16. The molecule has 0 saturated heterocycles. The minimum absolute atomic E-state index is 0.320. The lowest BCUT2D eigenvalue weighted by molar-refractivity contribution is 0.315. The van der Waals surface area contributed by atoms with Crippen molar-refractivity contribution in [2.45, 2.75) is 51.5 Å². The van der Waals surface area contributed by atoms with Crippen molar-refractivity contribution in [2.24, 2.45) is 16.8 Å². The largest absolute Gasteiger partial charge is 0.409 e. The first-order valence-corrected chi connectivity index (χ1v) is 5.96. The molecule has 4 nitrogen and oxygen atoms in total. The van der Waals surface area contributed by atoms with Gasteiger partial charge in [0.05, 0.1) is 0 Å². The first-order chi connectivity index (χ1) is 7.26. The van der Waals surface area contributed by atoms with E-state index in [4.69, 9.17) is 10.9 Å². The van der Waals surface area contributed by atoms with E-state index in [1.165, 1.54) is 25.7 Å². The third kappa shape index (κ3) is 4.51. The van der Waals surface area contributed by atoms with Crippen LogP contribution in [0.3, 0.4) is 0 Å². The van der Waals surface area contributed by atoms with E-state index in [2.05, 4.69) is 17.4 Å². The molecule has 0 aromatic carbocycles. The lowest BCUT2D eigenvalue weighted by Crippen LogP contribution is -2.35. The van der Waals surface area contributed by atoms with Crippen molar-refractivity contribution in [3.05, 3.63) is 0 Å². The molecule has 1 fully saturated rings. The van der Waals surface area contributed by atoms with Crippen LogP contribution in [0.25, 0.3) is 0 Å². The Hall–Kier alpha value is -0.770. The van der Waals surface area contributed by atoms with Gasteiger partial charge < -0.3 is 16.3 Å². The molecule has 0 radical (unpaired) electrons. The third-order valence-electron chi connectivity index (χ3n) is 3.25. The quantitative estimate of drug-likeness (QED) is 0.272. The fourth-order valence-electron chi connectivity index (χ4n) is 2.20. The van der Waals surface area contributed by atoms with Crippen LogP contribution in [0.1, 0.15) is 45.4 Å². The summed E-state index contributed by atoms with van der Waals surface area (Å²) in [7, 11) is 0. The van der Waals surface area contributed by atoms with E-state index < -0.39 is 0 Å². The Morgan fingerprint density at radius 3 is 2.73 bits per heavy atom. The van der Waals surface area contributed by atoms with Crippen molar-refractivity contribution in [2.75, 3.05) is 6.54 Å². The van der Waals surface area contributed by atoms with Gasteiger partial charge in [0.2, 0.25) is 0 Å². The summed E-state index contributed by atoms with van der Waals surface area (Å²) in [5.41, 5.74) is 5.49. The van der Waals surface area contributed by atoms with Gasteiger partial charge in [-0.05, 0) is 31.7 Å². The van der Waals surface area contributed by atoms with Crippen molar-refractivity contribution in [1.29, 1.82) is 0 Å². The minimum atomic E-state index is 0.320. The molecule has 4 N–H and O–H groups in total. The molecule has 1 saturated carbocycles. The molecule has 0 aromatic heterocycles. The second kappa shape index (κ2) is 6.67. The van der Waals surface area contributed by atoms with Gasteiger partial charge in [0.15, 0.2) is 0 Å². The van der Waals surface area contributed by atoms with Crippen LogP contribution in [-0.4, -0.2) is 23.6 Å². The number of rotatable bonds is 6. The lowest BCUT2D eigenvalue weighted by atomic mass is 10.1. The summed E-state index contributed by atoms with van der Waals surface area (Å²) in [6.07, 6.45) is 7.12. The van der Waals surface area contributed by atoms with Gasteiger partial charge in [-0.15, -0.1) is 0 Å². The van der Waals surface area contributed by atoms with Crippen LogP contribution in [-0.2, 0) is 0 Å². The van der Waals surface area contributed by atoms with Gasteiger partial charge in [-0.3, -0.25) is 0 Å². The summed E-state index contributed by atoms with van der Waals surface area (Å²) in [5, 5.41) is 15.0. The van der Waals surface area contributed by atoms with Crippen LogP contribution in [0.5, 0.6) is 0 Å². The fraction of sp³-hybridized carbons (Fsp3) is 0.909. The van der Waals surface area contributed by atoms with Crippen LogP contribution < -0.4 is 11.1 Å². The van der Waals surface area contributed by atoms with E-state index in [9.17, 15) is 0 Å². The van der Waals surface area contributed by atoms with Gasteiger partial charge in [0.1, 0.15) is 5.84 Å². The van der Waals surface area contributed by atoms with E-state index in [1.807, 2.05) is 0 Å². The molecule has 0 aromatic rings. The summed E-state index contributed by atoms with van der Waals surface area (Å²) < 4.78 is 0. The topological polar surface area (TPSA) is 70.6 Å². The number of nitrogens with zero attached hydrogens (tertiary/aromatic N) is 1. The molecule has 4 heteroatoms. The zero-order chi connectivity index (χ0) is 11.1. The van der Waals surface area contributed by atoms with Crippen molar-refractivity contribution in [3.63, 3.8) is 0 Å². The minimum Gasteiger partial charge on any atom is -0.409 e. The van der Waals surface area contributed by atoms with E-state index in [-0.39, 0.29) is 0 Å². The van der Waals surface area contributed by atoms with E-state index in [0.29, 0.717) is 18.3 Å². The van der Waals surface area contributed by atoms with Crippen LogP contribution in [0.2, 0.25) is 0 Å². The Morgan fingerprint density at radius 2 is 2.20 bits per heavy atom. The molecule has 0 amide bonds. The maximum absolute atomic E-state index is 8.49. The Balaban J connectivity index is 2.20. The molecule has 1 aliphatic rings. The number of hydrogen-bond acceptors (Lipinski definition) is 3. The summed E-state index contributed by atoms with van der Waals surface area (Å²) >= 11 is 0. The summed E-state index contributed by atoms with van der Waals surface area (Å²) in [4.78, 5) is 0. The van der Waals surface area contributed by atoms with Crippen molar-refractivity contribution in [3.8, 4) is 0 Å². The number of nitrogens with two attached hydrogens (primary N) is 1. The molecule has 1 atom stereocenters. The molecule has 0 aliphatic heterocycles. The predicted molar refractivity (Wildman–Crippen MR) is 62.1 cm³/mol. The zero-order valence-corrected chi connectivity index (χ0v) is 9.58. The molecule has 1 rings (SSSR count). The summed E-state index contributed by atoms with van der Waals surface area (Å²) in [6, 6.07) is 0.349. The Kier molecular flexibility index (Phi) is 5.47. The van der Waals surface area contributed by atoms with Gasteiger partial charge in [-0.1, -0.05) is 24.9 Å². The Morgan fingerprint density at radius 1 is 1.53 bits per heavy atom. The third-order valence-corrected chi connectivity index (χ3v) is 3.25. The van der Waals surface area contributed by atoms with Gasteiger partial charge >= 0.3 is 0 Å². The first-order valence-electron chi connectivity index (χ1n) is 5.96. The maximum Gasteiger partial charge on any atom is 0.140 e. The molecule has 0 bridgehead atoms. The normalized spacial score (nSPS) is 20.7. The second-order valence-corrected chi connectivity index (χ2v) is 4.46. The summed E-state index contributed by atoms with van der Waals surface area (Å²) in [6.45, 7) is 3.20. The number of hydrogen-bond donors (Lipinski definition) is 3. The highest BCUT2D eigenvalue weighted by atomic mass is 16.4. The van der Waals surface area contributed by atoms with Gasteiger partial charge in [0, 0.05) is 12.5 Å².